The molecule has 0 atom stereocenters. The van der Waals surface area contributed by atoms with Gasteiger partial charge in [0.15, 0.2) is 0 Å². The summed E-state index contributed by atoms with van der Waals surface area (Å²) in [5.41, 5.74) is 8.56. The minimum absolute atomic E-state index is 0.931. The number of para-hydroxylation sites is 1. The lowest BCUT2D eigenvalue weighted by Gasteiger charge is -2.21. The van der Waals surface area contributed by atoms with E-state index in [4.69, 9.17) is 4.42 Å². The number of rotatable bonds is 2. The lowest BCUT2D eigenvalue weighted by atomic mass is 9.82. The van der Waals surface area contributed by atoms with Gasteiger partial charge in [-0.05, 0) is 97.9 Å². The largest absolute Gasteiger partial charge is 0.456 e. The number of hydrogen-bond donors (Lipinski definition) is 0. The minimum atomic E-state index is 0.931. The molecule has 9 aromatic rings. The molecule has 0 saturated carbocycles. The van der Waals surface area contributed by atoms with Gasteiger partial charge in [-0.1, -0.05) is 91.0 Å². The second-order valence-electron chi connectivity index (χ2n) is 11.5. The minimum Gasteiger partial charge on any atom is -0.456 e. The Labute approximate surface area is 245 Å². The molecule has 0 saturated heterocycles. The van der Waals surface area contributed by atoms with Crippen LogP contribution in [-0.2, 0) is 6.42 Å². The third-order valence-corrected chi connectivity index (χ3v) is 10.4. The van der Waals surface area contributed by atoms with Crippen molar-refractivity contribution in [1.82, 2.24) is 0 Å². The van der Waals surface area contributed by atoms with Gasteiger partial charge in [0.05, 0.1) is 0 Å². The van der Waals surface area contributed by atoms with Gasteiger partial charge in [-0.3, -0.25) is 0 Å². The molecule has 10 rings (SSSR count). The molecule has 0 bridgehead atoms. The second-order valence-corrected chi connectivity index (χ2v) is 12.6. The molecule has 0 unspecified atom stereocenters. The molecule has 0 radical (unpaired) electrons. The van der Waals surface area contributed by atoms with Crippen LogP contribution in [0.3, 0.4) is 0 Å². The Kier molecular flexibility index (Phi) is 4.50. The van der Waals surface area contributed by atoms with Crippen molar-refractivity contribution >= 4 is 81.8 Å². The molecular weight excluding hydrogens is 529 g/mol. The summed E-state index contributed by atoms with van der Waals surface area (Å²) in [4.78, 5) is 0. The topological polar surface area (TPSA) is 13.1 Å². The molecule has 42 heavy (non-hydrogen) atoms. The Morgan fingerprint density at radius 3 is 2.02 bits per heavy atom. The van der Waals surface area contributed by atoms with Crippen LogP contribution in [0.25, 0.3) is 92.7 Å². The van der Waals surface area contributed by atoms with Crippen molar-refractivity contribution in [1.29, 1.82) is 0 Å². The highest BCUT2D eigenvalue weighted by molar-refractivity contribution is 7.18. The van der Waals surface area contributed by atoms with E-state index < -0.39 is 0 Å². The van der Waals surface area contributed by atoms with Crippen LogP contribution in [0.4, 0.5) is 0 Å². The quantitative estimate of drug-likeness (QED) is 0.194. The standard InChI is InChI=1S/C40H24OS/c1-3-13-29-27(11-1)37(24-19-20-26-25-10-5-6-16-33(25)41-34(26)22-24)28-12-2-4-14-30(28)39(29)32-21-23-9-7-17-35-38(23)40-31(32)15-8-18-36(40)42-35/h1-7,9-14,16-22H,8,15H2. The third-order valence-electron chi connectivity index (χ3n) is 9.29. The van der Waals surface area contributed by atoms with E-state index in [0.717, 1.165) is 34.8 Å². The van der Waals surface area contributed by atoms with Crippen molar-refractivity contribution in [2.45, 2.75) is 12.8 Å². The lowest BCUT2D eigenvalue weighted by molar-refractivity contribution is 0.669. The molecule has 0 fully saturated rings. The fourth-order valence-electron chi connectivity index (χ4n) is 7.58. The van der Waals surface area contributed by atoms with Crippen LogP contribution in [-0.4, -0.2) is 0 Å². The van der Waals surface area contributed by atoms with Crippen molar-refractivity contribution < 1.29 is 4.42 Å². The van der Waals surface area contributed by atoms with Crippen LogP contribution in [0, 0.1) is 0 Å². The van der Waals surface area contributed by atoms with Crippen LogP contribution in [0.5, 0.6) is 0 Å². The smallest absolute Gasteiger partial charge is 0.136 e. The van der Waals surface area contributed by atoms with Crippen molar-refractivity contribution in [2.75, 3.05) is 0 Å². The van der Waals surface area contributed by atoms with Crippen molar-refractivity contribution in [3.63, 3.8) is 0 Å². The van der Waals surface area contributed by atoms with Gasteiger partial charge in [-0.15, -0.1) is 11.3 Å². The molecule has 0 spiro atoms. The van der Waals surface area contributed by atoms with Crippen molar-refractivity contribution in [2.24, 2.45) is 0 Å². The zero-order chi connectivity index (χ0) is 27.4. The normalized spacial score (nSPS) is 13.2. The number of aryl methyl sites for hydroxylation is 1. The Hall–Kier alpha value is -4.92. The van der Waals surface area contributed by atoms with E-state index in [1.165, 1.54) is 74.8 Å². The maximum absolute atomic E-state index is 6.34. The average molecular weight is 553 g/mol. The Morgan fingerprint density at radius 1 is 0.548 bits per heavy atom. The number of benzene rings is 7. The summed E-state index contributed by atoms with van der Waals surface area (Å²) in [6.07, 6.45) is 4.61. The van der Waals surface area contributed by atoms with Gasteiger partial charge in [-0.25, -0.2) is 0 Å². The second kappa shape index (κ2) is 8.31. The SMILES string of the molecule is C1=c2sc3cccc4cc(-c5c6ccccc6c(-c6ccc7c(c6)oc6ccccc67)c6ccccc56)c(c2c43)CC1. The summed E-state index contributed by atoms with van der Waals surface area (Å²) in [6, 6.07) is 42.3. The maximum Gasteiger partial charge on any atom is 0.136 e. The monoisotopic (exact) mass is 552 g/mol. The highest BCUT2D eigenvalue weighted by atomic mass is 32.1. The van der Waals surface area contributed by atoms with E-state index >= 15 is 0 Å². The summed E-state index contributed by atoms with van der Waals surface area (Å²) in [5, 5.41) is 11.7. The first kappa shape index (κ1) is 22.7. The van der Waals surface area contributed by atoms with E-state index in [2.05, 4.69) is 115 Å². The summed E-state index contributed by atoms with van der Waals surface area (Å²) in [5.74, 6) is 0. The first-order chi connectivity index (χ1) is 20.8. The molecule has 1 aliphatic carbocycles. The molecular formula is C40H24OS. The van der Waals surface area contributed by atoms with E-state index in [-0.39, 0.29) is 0 Å². The van der Waals surface area contributed by atoms with Gasteiger partial charge in [0.2, 0.25) is 0 Å². The van der Waals surface area contributed by atoms with Crippen molar-refractivity contribution in [3.8, 4) is 22.3 Å². The molecule has 2 heterocycles. The molecule has 1 aliphatic rings. The number of hydrogen-bond acceptors (Lipinski definition) is 2. The summed E-state index contributed by atoms with van der Waals surface area (Å²) in [6.45, 7) is 0. The third kappa shape index (κ3) is 2.97. The molecule has 7 aromatic carbocycles. The van der Waals surface area contributed by atoms with E-state index in [0.29, 0.717) is 0 Å². The van der Waals surface area contributed by atoms with E-state index in [9.17, 15) is 0 Å². The Morgan fingerprint density at radius 2 is 1.24 bits per heavy atom. The highest BCUT2D eigenvalue weighted by Crippen LogP contribution is 2.48. The maximum atomic E-state index is 6.34. The molecule has 2 aromatic heterocycles. The number of thiophene rings is 1. The molecule has 2 heteroatoms. The van der Waals surface area contributed by atoms with Crippen LogP contribution < -0.4 is 4.53 Å². The van der Waals surface area contributed by atoms with E-state index in [1.54, 1.807) is 0 Å². The molecule has 0 aliphatic heterocycles. The van der Waals surface area contributed by atoms with Gasteiger partial charge in [0.1, 0.15) is 11.2 Å². The molecule has 1 nitrogen and oxygen atoms in total. The zero-order valence-electron chi connectivity index (χ0n) is 22.8. The van der Waals surface area contributed by atoms with E-state index in [1.807, 2.05) is 17.4 Å². The van der Waals surface area contributed by atoms with Gasteiger partial charge in [0, 0.05) is 30.8 Å². The lowest BCUT2D eigenvalue weighted by Crippen LogP contribution is -2.06. The van der Waals surface area contributed by atoms with Crippen LogP contribution >= 0.6 is 11.3 Å². The van der Waals surface area contributed by atoms with Gasteiger partial charge in [0.25, 0.3) is 0 Å². The summed E-state index contributed by atoms with van der Waals surface area (Å²) >= 11 is 1.95. The Bertz CT molecular complexity index is 2570. The Balaban J connectivity index is 1.34. The first-order valence-electron chi connectivity index (χ1n) is 14.7. The average Bonchev–Trinajstić information content (AvgIpc) is 3.61. The molecule has 196 valence electrons. The van der Waals surface area contributed by atoms with Crippen LogP contribution in [0.15, 0.2) is 120 Å². The number of fused-ring (bicyclic) bond motifs is 5. The summed E-state index contributed by atoms with van der Waals surface area (Å²) < 4.78 is 9.18. The predicted molar refractivity (Wildman–Crippen MR) is 180 cm³/mol. The van der Waals surface area contributed by atoms with Crippen LogP contribution in [0.1, 0.15) is 12.0 Å². The number of furan rings is 1. The fourth-order valence-corrected chi connectivity index (χ4v) is 8.81. The highest BCUT2D eigenvalue weighted by Gasteiger charge is 2.23. The molecule has 0 N–H and O–H groups in total. The van der Waals surface area contributed by atoms with Gasteiger partial charge >= 0.3 is 0 Å². The predicted octanol–water partition coefficient (Wildman–Crippen LogP) is 11.0. The van der Waals surface area contributed by atoms with Crippen molar-refractivity contribution in [3.05, 3.63) is 125 Å². The summed E-state index contributed by atoms with van der Waals surface area (Å²) in [7, 11) is 0. The van der Waals surface area contributed by atoms with Gasteiger partial charge in [-0.2, -0.15) is 0 Å². The van der Waals surface area contributed by atoms with Crippen LogP contribution in [0.2, 0.25) is 0 Å². The fraction of sp³-hybridized carbons (Fsp3) is 0.0500. The van der Waals surface area contributed by atoms with Gasteiger partial charge < -0.3 is 4.42 Å². The first-order valence-corrected chi connectivity index (χ1v) is 15.5. The zero-order valence-corrected chi connectivity index (χ0v) is 23.6. The molecule has 0 amide bonds.